The normalized spacial score (nSPS) is 36.5. The van der Waals surface area contributed by atoms with E-state index in [1.807, 2.05) is 0 Å². The Labute approximate surface area is 121 Å². The Morgan fingerprint density at radius 3 is 2.40 bits per heavy atom. The summed E-state index contributed by atoms with van der Waals surface area (Å²) < 4.78 is 33.5. The molecule has 0 unspecified atom stereocenters. The molecule has 0 aromatic rings. The molecule has 0 aromatic heterocycles. The van der Waals surface area contributed by atoms with Crippen LogP contribution in [0.4, 0.5) is 0 Å². The van der Waals surface area contributed by atoms with Gasteiger partial charge in [0.15, 0.2) is 0 Å². The van der Waals surface area contributed by atoms with Crippen LogP contribution in [0.2, 0.25) is 0 Å². The molecule has 1 heterocycles. The maximum Gasteiger partial charge on any atom is 0.214 e. The van der Waals surface area contributed by atoms with Crippen LogP contribution in [0, 0.1) is 0 Å². The zero-order valence-electron chi connectivity index (χ0n) is 12.1. The van der Waals surface area contributed by atoms with Crippen LogP contribution < -0.4 is 10.0 Å². The second-order valence-electron chi connectivity index (χ2n) is 6.55. The van der Waals surface area contributed by atoms with E-state index < -0.39 is 10.0 Å². The van der Waals surface area contributed by atoms with Crippen molar-refractivity contribution in [2.75, 3.05) is 19.7 Å². The van der Waals surface area contributed by atoms with Crippen molar-refractivity contribution in [2.24, 2.45) is 0 Å². The lowest BCUT2D eigenvalue weighted by atomic mass is 9.81. The van der Waals surface area contributed by atoms with Gasteiger partial charge in [0.1, 0.15) is 0 Å². The topological polar surface area (TPSA) is 67.4 Å². The molecule has 5 nitrogen and oxygen atoms in total. The summed E-state index contributed by atoms with van der Waals surface area (Å²) in [5, 5.41) is 3.24. The number of rotatable bonds is 3. The van der Waals surface area contributed by atoms with Crippen LogP contribution in [0.1, 0.15) is 51.4 Å². The molecule has 0 amide bonds. The van der Waals surface area contributed by atoms with E-state index in [4.69, 9.17) is 4.74 Å². The Morgan fingerprint density at radius 1 is 1.10 bits per heavy atom. The zero-order chi connectivity index (χ0) is 14.1. The van der Waals surface area contributed by atoms with E-state index >= 15 is 0 Å². The molecule has 116 valence electrons. The fourth-order valence-corrected chi connectivity index (χ4v) is 5.66. The van der Waals surface area contributed by atoms with Gasteiger partial charge >= 0.3 is 0 Å². The van der Waals surface area contributed by atoms with Crippen molar-refractivity contribution in [3.8, 4) is 0 Å². The number of nitrogens with one attached hydrogen (secondary N) is 2. The summed E-state index contributed by atoms with van der Waals surface area (Å²) in [4.78, 5) is 0. The highest BCUT2D eigenvalue weighted by Crippen LogP contribution is 2.33. The van der Waals surface area contributed by atoms with Crippen LogP contribution >= 0.6 is 0 Å². The monoisotopic (exact) mass is 302 g/mol. The van der Waals surface area contributed by atoms with Crippen molar-refractivity contribution < 1.29 is 13.2 Å². The Balaban J connectivity index is 1.53. The molecule has 2 saturated carbocycles. The number of hydrogen-bond donors (Lipinski definition) is 2. The highest BCUT2D eigenvalue weighted by atomic mass is 32.2. The lowest BCUT2D eigenvalue weighted by molar-refractivity contribution is -0.0903. The lowest BCUT2D eigenvalue weighted by Gasteiger charge is -2.43. The van der Waals surface area contributed by atoms with Gasteiger partial charge in [-0.15, -0.1) is 0 Å². The highest BCUT2D eigenvalue weighted by Gasteiger charge is 2.39. The molecule has 1 aliphatic heterocycles. The molecule has 20 heavy (non-hydrogen) atoms. The second kappa shape index (κ2) is 5.91. The van der Waals surface area contributed by atoms with Crippen LogP contribution in [-0.4, -0.2) is 45.0 Å². The molecule has 0 bridgehead atoms. The fourth-order valence-electron chi connectivity index (χ4n) is 3.82. The van der Waals surface area contributed by atoms with Crippen LogP contribution in [0.3, 0.4) is 0 Å². The van der Waals surface area contributed by atoms with Gasteiger partial charge in [-0.3, -0.25) is 0 Å². The largest absolute Gasteiger partial charge is 0.372 e. The third kappa shape index (κ3) is 3.18. The van der Waals surface area contributed by atoms with E-state index in [-0.39, 0.29) is 16.9 Å². The molecule has 0 aromatic carbocycles. The van der Waals surface area contributed by atoms with Crippen LogP contribution in [-0.2, 0) is 14.8 Å². The minimum absolute atomic E-state index is 0.0342. The van der Waals surface area contributed by atoms with Crippen LogP contribution in [0.5, 0.6) is 0 Å². The summed E-state index contributed by atoms with van der Waals surface area (Å²) in [6.45, 7) is 2.62. The van der Waals surface area contributed by atoms with Gasteiger partial charge in [-0.25, -0.2) is 13.1 Å². The third-order valence-corrected chi connectivity index (χ3v) is 7.11. The number of hydrogen-bond acceptors (Lipinski definition) is 4. The molecule has 2 N–H and O–H groups in total. The minimum Gasteiger partial charge on any atom is -0.372 e. The predicted molar refractivity (Wildman–Crippen MR) is 78.1 cm³/mol. The van der Waals surface area contributed by atoms with E-state index in [0.29, 0.717) is 0 Å². The second-order valence-corrected chi connectivity index (χ2v) is 8.54. The van der Waals surface area contributed by atoms with Crippen molar-refractivity contribution in [1.82, 2.24) is 10.0 Å². The molecule has 1 spiro atoms. The average molecular weight is 302 g/mol. The number of sulfonamides is 1. The molecule has 1 saturated heterocycles. The van der Waals surface area contributed by atoms with E-state index in [1.54, 1.807) is 0 Å². The van der Waals surface area contributed by atoms with Gasteiger partial charge in [-0.1, -0.05) is 12.8 Å². The maximum atomic E-state index is 12.3. The molecule has 6 heteroatoms. The van der Waals surface area contributed by atoms with E-state index in [2.05, 4.69) is 10.0 Å². The molecule has 0 radical (unpaired) electrons. The Bertz CT molecular complexity index is 416. The molecular formula is C14H26N2O3S. The zero-order valence-corrected chi connectivity index (χ0v) is 12.9. The Hall–Kier alpha value is -0.170. The maximum absolute atomic E-state index is 12.3. The predicted octanol–water partition coefficient (Wildman–Crippen LogP) is 1.15. The minimum atomic E-state index is -3.11. The highest BCUT2D eigenvalue weighted by molar-refractivity contribution is 7.90. The van der Waals surface area contributed by atoms with Crippen molar-refractivity contribution in [3.63, 3.8) is 0 Å². The van der Waals surface area contributed by atoms with Crippen molar-refractivity contribution >= 4 is 10.0 Å². The van der Waals surface area contributed by atoms with E-state index in [1.165, 1.54) is 0 Å². The van der Waals surface area contributed by atoms with Gasteiger partial charge in [0.05, 0.1) is 17.5 Å². The van der Waals surface area contributed by atoms with Crippen LogP contribution in [0.25, 0.3) is 0 Å². The quantitative estimate of drug-likeness (QED) is 0.821. The van der Waals surface area contributed by atoms with Crippen molar-refractivity contribution in [2.45, 2.75) is 68.3 Å². The first-order valence-corrected chi connectivity index (χ1v) is 9.50. The average Bonchev–Trinajstić information content (AvgIpc) is 2.98. The van der Waals surface area contributed by atoms with Crippen molar-refractivity contribution in [3.05, 3.63) is 0 Å². The van der Waals surface area contributed by atoms with Gasteiger partial charge in [0.2, 0.25) is 10.0 Å². The summed E-state index contributed by atoms with van der Waals surface area (Å²) in [6.07, 6.45) is 7.48. The first-order chi connectivity index (χ1) is 9.60. The molecule has 3 rings (SSSR count). The summed E-state index contributed by atoms with van der Waals surface area (Å²) in [5.74, 6) is 0. The fraction of sp³-hybridized carbons (Fsp3) is 1.00. The smallest absolute Gasteiger partial charge is 0.214 e. The SMILES string of the molecule is O=S(=O)(NC1CCC2(CC1)CNCCO2)C1CCCC1. The van der Waals surface area contributed by atoms with Crippen LogP contribution in [0.15, 0.2) is 0 Å². The van der Waals surface area contributed by atoms with Gasteiger partial charge < -0.3 is 10.1 Å². The number of morpholine rings is 1. The van der Waals surface area contributed by atoms with Gasteiger partial charge in [0.25, 0.3) is 0 Å². The van der Waals surface area contributed by atoms with Gasteiger partial charge in [-0.2, -0.15) is 0 Å². The first kappa shape index (κ1) is 14.8. The van der Waals surface area contributed by atoms with E-state index in [9.17, 15) is 8.42 Å². The molecule has 0 atom stereocenters. The first-order valence-electron chi connectivity index (χ1n) is 7.96. The molecular weight excluding hydrogens is 276 g/mol. The summed E-state index contributed by atoms with van der Waals surface area (Å²) in [6, 6.07) is 0.108. The van der Waals surface area contributed by atoms with Crippen molar-refractivity contribution in [1.29, 1.82) is 0 Å². The number of ether oxygens (including phenoxy) is 1. The molecule has 3 aliphatic rings. The molecule has 3 fully saturated rings. The Morgan fingerprint density at radius 2 is 1.80 bits per heavy atom. The van der Waals surface area contributed by atoms with E-state index in [0.717, 1.165) is 71.1 Å². The standard InChI is InChI=1S/C14H26N2O3S/c17-20(18,13-3-1-2-4-13)16-12-5-7-14(8-6-12)11-15-9-10-19-14/h12-13,15-16H,1-11H2. The van der Waals surface area contributed by atoms with Gasteiger partial charge in [0, 0.05) is 19.1 Å². The summed E-state index contributed by atoms with van der Waals surface area (Å²) >= 11 is 0. The summed E-state index contributed by atoms with van der Waals surface area (Å²) in [7, 11) is -3.11. The summed E-state index contributed by atoms with van der Waals surface area (Å²) in [5.41, 5.74) is -0.0342. The molecule has 2 aliphatic carbocycles. The lowest BCUT2D eigenvalue weighted by Crippen LogP contribution is -2.54. The third-order valence-electron chi connectivity index (χ3n) is 5.10. The van der Waals surface area contributed by atoms with Gasteiger partial charge in [-0.05, 0) is 38.5 Å². The Kier molecular flexibility index (Phi) is 4.36.